The quantitative estimate of drug-likeness (QED) is 0.825. The SMILES string of the molecule is CCCNC(CCC(C)(C)C)c1ccncc1F. The lowest BCUT2D eigenvalue weighted by molar-refractivity contribution is 0.328. The average Bonchev–Trinajstić information content (AvgIpc) is 2.29. The molecule has 0 radical (unpaired) electrons. The number of hydrogen-bond donors (Lipinski definition) is 1. The van der Waals surface area contributed by atoms with E-state index in [0.29, 0.717) is 0 Å². The Morgan fingerprint density at radius 1 is 1.39 bits per heavy atom. The first-order valence-corrected chi connectivity index (χ1v) is 6.77. The van der Waals surface area contributed by atoms with Crippen molar-refractivity contribution >= 4 is 0 Å². The predicted molar refractivity (Wildman–Crippen MR) is 73.9 cm³/mol. The van der Waals surface area contributed by atoms with Gasteiger partial charge in [-0.15, -0.1) is 0 Å². The summed E-state index contributed by atoms with van der Waals surface area (Å²) in [7, 11) is 0. The van der Waals surface area contributed by atoms with E-state index >= 15 is 0 Å². The van der Waals surface area contributed by atoms with Crippen LogP contribution in [0.4, 0.5) is 4.39 Å². The summed E-state index contributed by atoms with van der Waals surface area (Å²) < 4.78 is 13.8. The fourth-order valence-corrected chi connectivity index (χ4v) is 1.93. The molecular weight excluding hydrogens is 227 g/mol. The zero-order chi connectivity index (χ0) is 13.6. The van der Waals surface area contributed by atoms with Gasteiger partial charge in [0.05, 0.1) is 6.20 Å². The maximum absolute atomic E-state index is 13.8. The van der Waals surface area contributed by atoms with Crippen LogP contribution in [0.5, 0.6) is 0 Å². The van der Waals surface area contributed by atoms with Crippen LogP contribution in [-0.2, 0) is 0 Å². The minimum absolute atomic E-state index is 0.0900. The van der Waals surface area contributed by atoms with E-state index in [1.165, 1.54) is 6.20 Å². The molecular formula is C15H25FN2. The van der Waals surface area contributed by atoms with Gasteiger partial charge in [-0.2, -0.15) is 0 Å². The van der Waals surface area contributed by atoms with Crippen molar-refractivity contribution in [2.24, 2.45) is 5.41 Å². The summed E-state index contributed by atoms with van der Waals surface area (Å²) in [5, 5.41) is 3.43. The van der Waals surface area contributed by atoms with E-state index in [4.69, 9.17) is 0 Å². The Labute approximate surface area is 110 Å². The molecule has 0 aliphatic rings. The van der Waals surface area contributed by atoms with Crippen LogP contribution in [0.25, 0.3) is 0 Å². The third-order valence-electron chi connectivity index (χ3n) is 3.00. The van der Waals surface area contributed by atoms with E-state index in [2.05, 4.69) is 38.0 Å². The summed E-state index contributed by atoms with van der Waals surface area (Å²) in [5.41, 5.74) is 1.01. The molecule has 1 atom stereocenters. The van der Waals surface area contributed by atoms with Gasteiger partial charge in [0.25, 0.3) is 0 Å². The molecule has 1 aromatic rings. The second-order valence-corrected chi connectivity index (χ2v) is 6.00. The van der Waals surface area contributed by atoms with Gasteiger partial charge in [0.2, 0.25) is 0 Å². The lowest BCUT2D eigenvalue weighted by Crippen LogP contribution is -2.24. The van der Waals surface area contributed by atoms with Crippen molar-refractivity contribution in [3.63, 3.8) is 0 Å². The molecule has 1 heterocycles. The molecule has 1 rings (SSSR count). The summed E-state index contributed by atoms with van der Waals surface area (Å²) >= 11 is 0. The first-order valence-electron chi connectivity index (χ1n) is 6.77. The third kappa shape index (κ3) is 5.13. The van der Waals surface area contributed by atoms with Crippen LogP contribution in [0.3, 0.4) is 0 Å². The highest BCUT2D eigenvalue weighted by atomic mass is 19.1. The topological polar surface area (TPSA) is 24.9 Å². The van der Waals surface area contributed by atoms with Crippen molar-refractivity contribution in [3.8, 4) is 0 Å². The number of pyridine rings is 1. The Morgan fingerprint density at radius 2 is 2.11 bits per heavy atom. The van der Waals surface area contributed by atoms with Crippen LogP contribution >= 0.6 is 0 Å². The van der Waals surface area contributed by atoms with Gasteiger partial charge in [0.15, 0.2) is 0 Å². The van der Waals surface area contributed by atoms with Crippen molar-refractivity contribution < 1.29 is 4.39 Å². The number of rotatable bonds is 6. The van der Waals surface area contributed by atoms with Crippen molar-refractivity contribution in [3.05, 3.63) is 29.8 Å². The van der Waals surface area contributed by atoms with Crippen molar-refractivity contribution in [1.82, 2.24) is 10.3 Å². The van der Waals surface area contributed by atoms with Crippen LogP contribution < -0.4 is 5.32 Å². The summed E-state index contributed by atoms with van der Waals surface area (Å²) in [4.78, 5) is 3.81. The Hall–Kier alpha value is -0.960. The van der Waals surface area contributed by atoms with E-state index in [0.717, 1.165) is 31.4 Å². The Bertz CT molecular complexity index is 358. The first-order chi connectivity index (χ1) is 8.44. The largest absolute Gasteiger partial charge is 0.310 e. The van der Waals surface area contributed by atoms with Crippen molar-refractivity contribution in [1.29, 1.82) is 0 Å². The summed E-state index contributed by atoms with van der Waals surface area (Å²) in [6.07, 6.45) is 6.03. The molecule has 0 spiro atoms. The monoisotopic (exact) mass is 252 g/mol. The molecule has 1 unspecified atom stereocenters. The number of hydrogen-bond acceptors (Lipinski definition) is 2. The maximum atomic E-state index is 13.8. The van der Waals surface area contributed by atoms with Crippen molar-refractivity contribution in [2.45, 2.75) is 53.0 Å². The van der Waals surface area contributed by atoms with Gasteiger partial charge in [-0.25, -0.2) is 4.39 Å². The number of halogens is 1. The molecule has 2 nitrogen and oxygen atoms in total. The highest BCUT2D eigenvalue weighted by Crippen LogP contribution is 2.28. The lowest BCUT2D eigenvalue weighted by atomic mass is 9.87. The maximum Gasteiger partial charge on any atom is 0.146 e. The van der Waals surface area contributed by atoms with Gasteiger partial charge in [-0.3, -0.25) is 4.98 Å². The van der Waals surface area contributed by atoms with Crippen LogP contribution in [-0.4, -0.2) is 11.5 Å². The molecule has 0 aliphatic heterocycles. The van der Waals surface area contributed by atoms with E-state index in [1.807, 2.05) is 0 Å². The standard InChI is InChI=1S/C15H25FN2/c1-5-9-18-14(6-8-15(2,3)4)12-7-10-17-11-13(12)16/h7,10-11,14,18H,5-6,8-9H2,1-4H3. The van der Waals surface area contributed by atoms with Gasteiger partial charge in [0, 0.05) is 17.8 Å². The number of nitrogens with one attached hydrogen (secondary N) is 1. The fraction of sp³-hybridized carbons (Fsp3) is 0.667. The van der Waals surface area contributed by atoms with E-state index in [9.17, 15) is 4.39 Å². The number of aromatic nitrogens is 1. The minimum atomic E-state index is -0.208. The molecule has 0 amide bonds. The average molecular weight is 252 g/mol. The molecule has 0 saturated heterocycles. The van der Waals surface area contributed by atoms with Crippen molar-refractivity contribution in [2.75, 3.05) is 6.54 Å². The Kier molecular flexibility index (Phi) is 5.73. The lowest BCUT2D eigenvalue weighted by Gasteiger charge is -2.24. The molecule has 18 heavy (non-hydrogen) atoms. The molecule has 0 saturated carbocycles. The zero-order valence-electron chi connectivity index (χ0n) is 12.0. The first kappa shape index (κ1) is 15.1. The number of nitrogens with zero attached hydrogens (tertiary/aromatic N) is 1. The molecule has 1 N–H and O–H groups in total. The Balaban J connectivity index is 2.75. The molecule has 0 aliphatic carbocycles. The van der Waals surface area contributed by atoms with Gasteiger partial charge in [0.1, 0.15) is 5.82 Å². The molecule has 0 bridgehead atoms. The third-order valence-corrected chi connectivity index (χ3v) is 3.00. The molecule has 3 heteroatoms. The summed E-state index contributed by atoms with van der Waals surface area (Å²) in [6, 6.07) is 1.87. The van der Waals surface area contributed by atoms with E-state index < -0.39 is 0 Å². The fourth-order valence-electron chi connectivity index (χ4n) is 1.93. The van der Waals surface area contributed by atoms with Crippen LogP contribution in [0.2, 0.25) is 0 Å². The second kappa shape index (κ2) is 6.83. The highest BCUT2D eigenvalue weighted by Gasteiger charge is 2.18. The summed E-state index contributed by atoms with van der Waals surface area (Å²) in [6.45, 7) is 9.68. The highest BCUT2D eigenvalue weighted by molar-refractivity contribution is 5.17. The smallest absolute Gasteiger partial charge is 0.146 e. The summed E-state index contributed by atoms with van der Waals surface area (Å²) in [5.74, 6) is -0.208. The molecule has 102 valence electrons. The van der Waals surface area contributed by atoms with Gasteiger partial charge < -0.3 is 5.32 Å². The normalized spacial score (nSPS) is 13.6. The van der Waals surface area contributed by atoms with Crippen LogP contribution in [0, 0.1) is 11.2 Å². The van der Waals surface area contributed by atoms with Gasteiger partial charge in [-0.05, 0) is 37.3 Å². The molecule has 1 aromatic heterocycles. The second-order valence-electron chi connectivity index (χ2n) is 6.00. The van der Waals surface area contributed by atoms with E-state index in [-0.39, 0.29) is 17.3 Å². The molecule has 0 fully saturated rings. The molecule has 0 aromatic carbocycles. The zero-order valence-corrected chi connectivity index (χ0v) is 12.0. The van der Waals surface area contributed by atoms with Gasteiger partial charge >= 0.3 is 0 Å². The minimum Gasteiger partial charge on any atom is -0.310 e. The van der Waals surface area contributed by atoms with Crippen LogP contribution in [0.1, 0.15) is 58.6 Å². The van der Waals surface area contributed by atoms with Gasteiger partial charge in [-0.1, -0.05) is 27.7 Å². The predicted octanol–water partition coefficient (Wildman–Crippen LogP) is 4.09. The Morgan fingerprint density at radius 3 is 2.67 bits per heavy atom. The van der Waals surface area contributed by atoms with Crippen LogP contribution in [0.15, 0.2) is 18.5 Å². The van der Waals surface area contributed by atoms with E-state index in [1.54, 1.807) is 12.3 Å².